The Hall–Kier alpha value is -0.950. The Kier molecular flexibility index (Phi) is 9.44. The normalized spacial score (nSPS) is 15.6. The van der Waals surface area contributed by atoms with Crippen LogP contribution in [0.25, 0.3) is 0 Å². The van der Waals surface area contributed by atoms with E-state index in [1.54, 1.807) is 27.7 Å². The molecule has 0 fully saturated rings. The van der Waals surface area contributed by atoms with Crippen molar-refractivity contribution in [3.05, 3.63) is 0 Å². The Morgan fingerprint density at radius 2 is 1.29 bits per heavy atom. The van der Waals surface area contributed by atoms with Crippen LogP contribution in [0, 0.1) is 0 Å². The van der Waals surface area contributed by atoms with Crippen LogP contribution in [0.3, 0.4) is 0 Å². The molecule has 0 amide bonds. The van der Waals surface area contributed by atoms with Crippen LogP contribution < -0.4 is 10.6 Å². The van der Waals surface area contributed by atoms with Gasteiger partial charge in [-0.15, -0.1) is 0 Å². The first-order valence-corrected chi connectivity index (χ1v) is 8.09. The van der Waals surface area contributed by atoms with Gasteiger partial charge in [-0.25, -0.2) is 9.71 Å². The minimum Gasteiger partial charge on any atom is -0.462 e. The fourth-order valence-electron chi connectivity index (χ4n) is 1.12. The van der Waals surface area contributed by atoms with E-state index in [2.05, 4.69) is 10.6 Å². The van der Waals surface area contributed by atoms with Crippen molar-refractivity contribution in [2.45, 2.75) is 65.8 Å². The van der Waals surface area contributed by atoms with Gasteiger partial charge in [0.2, 0.25) is 0 Å². The van der Waals surface area contributed by atoms with Gasteiger partial charge in [0.25, 0.3) is 8.18 Å². The molecule has 0 aromatic heterocycles. The van der Waals surface area contributed by atoms with E-state index in [1.165, 1.54) is 13.8 Å². The molecule has 0 radical (unpaired) electrons. The minimum absolute atomic E-state index is 0.247. The second-order valence-corrected chi connectivity index (χ2v) is 6.13. The summed E-state index contributed by atoms with van der Waals surface area (Å²) in [6.07, 6.45) is -0.503. The number of carbonyl (C=O) groups is 2. The first kappa shape index (κ1) is 20.1. The molecule has 0 aromatic rings. The molecule has 0 heterocycles. The lowest BCUT2D eigenvalue weighted by Crippen LogP contribution is -2.37. The van der Waals surface area contributed by atoms with Crippen molar-refractivity contribution in [1.82, 2.24) is 10.6 Å². The van der Waals surface area contributed by atoms with Crippen molar-refractivity contribution in [2.24, 2.45) is 0 Å². The Balaban J connectivity index is 4.09. The summed E-state index contributed by atoms with van der Waals surface area (Å²) in [5, 5.41) is 2.45. The highest BCUT2D eigenvalue weighted by Crippen LogP contribution is 2.16. The number of rotatable bonds is 9. The fraction of sp³-hybridized carbons (Fsp3) is 0.833. The monoisotopic (exact) mass is 324 g/mol. The number of esters is 2. The maximum atomic E-state index is 11.6. The van der Waals surface area contributed by atoms with Crippen molar-refractivity contribution in [1.29, 1.82) is 0 Å². The van der Waals surface area contributed by atoms with Crippen LogP contribution in [0.1, 0.15) is 41.5 Å². The maximum Gasteiger partial charge on any atom is 0.325 e. The molecular weight excluding hydrogens is 299 g/mol. The van der Waals surface area contributed by atoms with Gasteiger partial charge in [0.1, 0.15) is 12.1 Å². The Bertz CT molecular complexity index is 375. The molecule has 1 unspecified atom stereocenters. The topological polar surface area (TPSA) is 103 Å². The van der Waals surface area contributed by atoms with Crippen molar-refractivity contribution < 1.29 is 28.3 Å². The molecule has 0 aliphatic rings. The van der Waals surface area contributed by atoms with Crippen LogP contribution in [0.15, 0.2) is 0 Å². The van der Waals surface area contributed by atoms with Crippen molar-refractivity contribution >= 4 is 20.1 Å². The molecule has 0 saturated heterocycles. The number of ether oxygens (including phenoxy) is 2. The van der Waals surface area contributed by atoms with Crippen LogP contribution in [0.2, 0.25) is 0 Å². The van der Waals surface area contributed by atoms with E-state index < -0.39 is 32.2 Å². The molecule has 0 aliphatic carbocycles. The van der Waals surface area contributed by atoms with Crippen LogP contribution in [-0.4, -0.2) is 36.2 Å². The molecule has 9 heteroatoms. The number of carbonyl (C=O) groups excluding carboxylic acids is 2. The summed E-state index contributed by atoms with van der Waals surface area (Å²) in [6.45, 7) is 9.89. The number of hydrogen-bond acceptors (Lipinski definition) is 7. The lowest BCUT2D eigenvalue weighted by atomic mass is 10.3. The number of hydrogen-bond donors (Lipinski definition) is 2. The first-order chi connectivity index (χ1) is 9.63. The molecule has 2 N–H and O–H groups in total. The van der Waals surface area contributed by atoms with Crippen molar-refractivity contribution in [3.63, 3.8) is 0 Å². The van der Waals surface area contributed by atoms with E-state index in [1.807, 2.05) is 0 Å². The summed E-state index contributed by atoms with van der Waals surface area (Å²) in [6, 6.07) is -1.56. The van der Waals surface area contributed by atoms with E-state index in [9.17, 15) is 14.2 Å². The van der Waals surface area contributed by atoms with Crippen LogP contribution >= 0.6 is 8.18 Å². The van der Waals surface area contributed by atoms with Crippen LogP contribution in [0.5, 0.6) is 0 Å². The molecule has 8 nitrogen and oxygen atoms in total. The van der Waals surface area contributed by atoms with E-state index in [0.717, 1.165) is 0 Å². The van der Waals surface area contributed by atoms with Gasteiger partial charge in [0.15, 0.2) is 0 Å². The molecule has 0 rings (SSSR count). The van der Waals surface area contributed by atoms with E-state index in [-0.39, 0.29) is 12.2 Å². The summed E-state index contributed by atoms with van der Waals surface area (Å²) >= 11 is 0. The van der Waals surface area contributed by atoms with Gasteiger partial charge in [0.05, 0.1) is 12.2 Å². The molecule has 0 saturated carbocycles. The fourth-order valence-corrected chi connectivity index (χ4v) is 1.94. The van der Waals surface area contributed by atoms with Gasteiger partial charge in [0, 0.05) is 0 Å². The van der Waals surface area contributed by atoms with Crippen LogP contribution in [-0.2, 0) is 28.3 Å². The standard InChI is InChI=1S/C12H25N2O6P/c1-7(2)18-11(15)9(5)13-20-21(17)14-10(6)12(16)19-8(3)4/h7-10,13,21H,1-6H3,(H,14,17)/t9-,10-/m0/s1. The SMILES string of the molecule is CC(C)OC(=O)[C@H](C)NO[PH](=O)N[C@@H](C)C(=O)OC(C)C. The minimum atomic E-state index is -2.74. The molecule has 21 heavy (non-hydrogen) atoms. The molecule has 3 atom stereocenters. The zero-order valence-electron chi connectivity index (χ0n) is 13.3. The van der Waals surface area contributed by atoms with Crippen molar-refractivity contribution in [2.75, 3.05) is 0 Å². The summed E-state index contributed by atoms with van der Waals surface area (Å²) in [5.41, 5.74) is 2.32. The third-order valence-corrected chi connectivity index (χ3v) is 3.05. The average Bonchev–Trinajstić information content (AvgIpc) is 2.33. The third kappa shape index (κ3) is 9.57. The molecule has 0 spiro atoms. The Labute approximate surface area is 125 Å². The van der Waals surface area contributed by atoms with E-state index in [4.69, 9.17) is 14.1 Å². The smallest absolute Gasteiger partial charge is 0.325 e. The van der Waals surface area contributed by atoms with Gasteiger partial charge in [-0.05, 0) is 41.5 Å². The Morgan fingerprint density at radius 1 is 0.857 bits per heavy atom. The van der Waals surface area contributed by atoms with Crippen molar-refractivity contribution in [3.8, 4) is 0 Å². The average molecular weight is 324 g/mol. The zero-order valence-corrected chi connectivity index (χ0v) is 14.3. The van der Waals surface area contributed by atoms with Gasteiger partial charge in [-0.1, -0.05) is 0 Å². The summed E-state index contributed by atoms with van der Waals surface area (Å²) in [5.74, 6) is -1.05. The summed E-state index contributed by atoms with van der Waals surface area (Å²) in [7, 11) is -2.74. The third-order valence-electron chi connectivity index (χ3n) is 2.07. The second kappa shape index (κ2) is 9.89. The molecule has 124 valence electrons. The highest BCUT2D eigenvalue weighted by Gasteiger charge is 2.20. The predicted octanol–water partition coefficient (Wildman–Crippen LogP) is 1.17. The van der Waals surface area contributed by atoms with E-state index in [0.29, 0.717) is 0 Å². The van der Waals surface area contributed by atoms with E-state index >= 15 is 0 Å². The quantitative estimate of drug-likeness (QED) is 0.370. The summed E-state index contributed by atoms with van der Waals surface area (Å²) < 4.78 is 26.3. The lowest BCUT2D eigenvalue weighted by molar-refractivity contribution is -0.152. The first-order valence-electron chi connectivity index (χ1n) is 6.77. The van der Waals surface area contributed by atoms with Gasteiger partial charge < -0.3 is 9.47 Å². The molecule has 0 aliphatic heterocycles. The predicted molar refractivity (Wildman–Crippen MR) is 77.7 cm³/mol. The molecule has 0 bridgehead atoms. The maximum absolute atomic E-state index is 11.6. The second-order valence-electron chi connectivity index (χ2n) is 5.07. The van der Waals surface area contributed by atoms with Crippen LogP contribution in [0.4, 0.5) is 0 Å². The highest BCUT2D eigenvalue weighted by atomic mass is 31.1. The molecular formula is C12H25N2O6P. The number of nitrogens with one attached hydrogen (secondary N) is 2. The largest absolute Gasteiger partial charge is 0.462 e. The number of hydroxylamine groups is 1. The lowest BCUT2D eigenvalue weighted by Gasteiger charge is -2.17. The molecule has 0 aromatic carbocycles. The van der Waals surface area contributed by atoms with Gasteiger partial charge >= 0.3 is 11.9 Å². The Morgan fingerprint density at radius 3 is 1.71 bits per heavy atom. The zero-order chi connectivity index (χ0) is 16.6. The van der Waals surface area contributed by atoms with Gasteiger partial charge in [-0.3, -0.25) is 14.2 Å². The van der Waals surface area contributed by atoms with Gasteiger partial charge in [-0.2, -0.15) is 5.48 Å². The highest BCUT2D eigenvalue weighted by molar-refractivity contribution is 7.36. The summed E-state index contributed by atoms with van der Waals surface area (Å²) in [4.78, 5) is 23.0.